The quantitative estimate of drug-likeness (QED) is 0.794. The van der Waals surface area contributed by atoms with E-state index in [0.29, 0.717) is 5.56 Å². The second-order valence-electron chi connectivity index (χ2n) is 3.35. The first-order valence-electron chi connectivity index (χ1n) is 4.87. The molecular formula is C12H8FN3O. The molecular weight excluding hydrogens is 221 g/mol. The highest BCUT2D eigenvalue weighted by molar-refractivity contribution is 5.40. The molecule has 0 aliphatic carbocycles. The maximum atomic E-state index is 13.7. The molecule has 0 saturated heterocycles. The van der Waals surface area contributed by atoms with E-state index in [-0.39, 0.29) is 17.2 Å². The van der Waals surface area contributed by atoms with E-state index in [4.69, 9.17) is 10.00 Å². The Labute approximate surface area is 97.3 Å². The molecule has 1 aromatic heterocycles. The van der Waals surface area contributed by atoms with Gasteiger partial charge in [0.1, 0.15) is 11.6 Å². The molecule has 0 N–H and O–H groups in total. The molecule has 0 spiro atoms. The number of hydrogen-bond acceptors (Lipinski definition) is 4. The second kappa shape index (κ2) is 4.58. The highest BCUT2D eigenvalue weighted by atomic mass is 19.1. The van der Waals surface area contributed by atoms with Crippen LogP contribution in [0.2, 0.25) is 0 Å². The fourth-order valence-electron chi connectivity index (χ4n) is 1.28. The van der Waals surface area contributed by atoms with Gasteiger partial charge in [-0.1, -0.05) is 12.1 Å². The highest BCUT2D eigenvalue weighted by Gasteiger charge is 2.11. The van der Waals surface area contributed by atoms with Crippen LogP contribution < -0.4 is 4.74 Å². The summed E-state index contributed by atoms with van der Waals surface area (Å²) in [6.45, 7) is 1.63. The third-order valence-electron chi connectivity index (χ3n) is 2.17. The van der Waals surface area contributed by atoms with E-state index >= 15 is 0 Å². The summed E-state index contributed by atoms with van der Waals surface area (Å²) < 4.78 is 18.9. The zero-order chi connectivity index (χ0) is 12.3. The van der Waals surface area contributed by atoms with E-state index in [9.17, 15) is 4.39 Å². The van der Waals surface area contributed by atoms with Gasteiger partial charge in [0.2, 0.25) is 0 Å². The molecule has 0 radical (unpaired) electrons. The molecule has 0 aliphatic rings. The molecule has 0 amide bonds. The molecule has 17 heavy (non-hydrogen) atoms. The number of nitriles is 1. The van der Waals surface area contributed by atoms with Gasteiger partial charge < -0.3 is 4.74 Å². The Kier molecular flexibility index (Phi) is 2.97. The Balaban J connectivity index is 2.39. The maximum absolute atomic E-state index is 13.7. The molecule has 5 heteroatoms. The lowest BCUT2D eigenvalue weighted by atomic mass is 10.2. The van der Waals surface area contributed by atoms with Gasteiger partial charge in [0.05, 0.1) is 6.20 Å². The summed E-state index contributed by atoms with van der Waals surface area (Å²) in [6.07, 6.45) is 1.37. The topological polar surface area (TPSA) is 58.8 Å². The van der Waals surface area contributed by atoms with Gasteiger partial charge in [-0.15, -0.1) is 5.10 Å². The minimum absolute atomic E-state index is 0.000463. The molecule has 0 saturated carbocycles. The van der Waals surface area contributed by atoms with Crippen molar-refractivity contribution in [2.24, 2.45) is 0 Å². The van der Waals surface area contributed by atoms with Gasteiger partial charge in [0, 0.05) is 0 Å². The molecule has 0 aliphatic heterocycles. The Morgan fingerprint density at radius 1 is 1.35 bits per heavy atom. The van der Waals surface area contributed by atoms with Crippen LogP contribution in [0.25, 0.3) is 0 Å². The Morgan fingerprint density at radius 3 is 2.94 bits per heavy atom. The van der Waals surface area contributed by atoms with E-state index in [1.165, 1.54) is 18.3 Å². The van der Waals surface area contributed by atoms with Gasteiger partial charge in [-0.05, 0) is 24.6 Å². The number of nitrogens with zero attached hydrogens (tertiary/aromatic N) is 3. The molecule has 1 heterocycles. The number of halogens is 1. The third-order valence-corrected chi connectivity index (χ3v) is 2.17. The van der Waals surface area contributed by atoms with Crippen molar-refractivity contribution >= 4 is 0 Å². The highest BCUT2D eigenvalue weighted by Crippen LogP contribution is 2.26. The van der Waals surface area contributed by atoms with Crippen LogP contribution in [0.4, 0.5) is 4.39 Å². The number of aromatic nitrogens is 2. The fourth-order valence-corrected chi connectivity index (χ4v) is 1.28. The van der Waals surface area contributed by atoms with Gasteiger partial charge in [-0.25, -0.2) is 4.39 Å². The predicted molar refractivity (Wildman–Crippen MR) is 58.0 cm³/mol. The zero-order valence-electron chi connectivity index (χ0n) is 9.01. The summed E-state index contributed by atoms with van der Waals surface area (Å²) in [6, 6.07) is 8.12. The number of hydrogen-bond donors (Lipinski definition) is 0. The van der Waals surface area contributed by atoms with Gasteiger partial charge >= 0.3 is 0 Å². The van der Waals surface area contributed by atoms with Gasteiger partial charge in [0.25, 0.3) is 5.88 Å². The monoisotopic (exact) mass is 229 g/mol. The summed E-state index contributed by atoms with van der Waals surface area (Å²) in [7, 11) is 0. The van der Waals surface area contributed by atoms with Gasteiger partial charge in [-0.3, -0.25) is 0 Å². The van der Waals surface area contributed by atoms with Crippen LogP contribution in [0.15, 0.2) is 30.5 Å². The van der Waals surface area contributed by atoms with Crippen molar-refractivity contribution in [3.05, 3.63) is 47.4 Å². The van der Waals surface area contributed by atoms with Crippen molar-refractivity contribution in [2.75, 3.05) is 0 Å². The summed E-state index contributed by atoms with van der Waals surface area (Å²) in [5, 5.41) is 16.1. The van der Waals surface area contributed by atoms with Crippen molar-refractivity contribution < 1.29 is 9.13 Å². The molecule has 1 aromatic carbocycles. The Morgan fingerprint density at radius 2 is 2.18 bits per heavy atom. The average Bonchev–Trinajstić information content (AvgIpc) is 2.35. The van der Waals surface area contributed by atoms with Crippen molar-refractivity contribution in [3.63, 3.8) is 0 Å². The molecule has 2 aromatic rings. The molecule has 0 fully saturated rings. The van der Waals surface area contributed by atoms with Crippen LogP contribution >= 0.6 is 0 Å². The van der Waals surface area contributed by atoms with Crippen molar-refractivity contribution in [2.45, 2.75) is 6.92 Å². The first-order valence-corrected chi connectivity index (χ1v) is 4.87. The van der Waals surface area contributed by atoms with Crippen LogP contribution in [0, 0.1) is 24.1 Å². The predicted octanol–water partition coefficient (Wildman–Crippen LogP) is 2.59. The average molecular weight is 229 g/mol. The number of ether oxygens (including phenoxy) is 1. The summed E-state index contributed by atoms with van der Waals surface area (Å²) in [4.78, 5) is 0. The fraction of sp³-hybridized carbons (Fsp3) is 0.0833. The standard InChI is InChI=1S/C12H8FN3O/c1-8-3-2-4-10(11(8)13)17-12-9(7-14)5-6-15-16-12/h2-6H,1H3. The lowest BCUT2D eigenvalue weighted by molar-refractivity contribution is 0.419. The largest absolute Gasteiger partial charge is 0.433 e. The molecule has 0 bridgehead atoms. The minimum atomic E-state index is -0.470. The number of aryl methyl sites for hydroxylation is 1. The van der Waals surface area contributed by atoms with Gasteiger partial charge in [-0.2, -0.15) is 10.4 Å². The number of rotatable bonds is 2. The maximum Gasteiger partial charge on any atom is 0.257 e. The normalized spacial score (nSPS) is 9.71. The van der Waals surface area contributed by atoms with Crippen LogP contribution in [-0.4, -0.2) is 10.2 Å². The minimum Gasteiger partial charge on any atom is -0.433 e. The van der Waals surface area contributed by atoms with Crippen molar-refractivity contribution in [1.82, 2.24) is 10.2 Å². The molecule has 2 rings (SSSR count). The smallest absolute Gasteiger partial charge is 0.257 e. The summed E-state index contributed by atoms with van der Waals surface area (Å²) in [5.74, 6) is -0.441. The SMILES string of the molecule is Cc1cccc(Oc2nnccc2C#N)c1F. The van der Waals surface area contributed by atoms with Crippen LogP contribution in [-0.2, 0) is 0 Å². The van der Waals surface area contributed by atoms with Crippen LogP contribution in [0.5, 0.6) is 11.6 Å². The number of benzene rings is 1. The van der Waals surface area contributed by atoms with E-state index < -0.39 is 5.82 Å². The van der Waals surface area contributed by atoms with Crippen LogP contribution in [0.3, 0.4) is 0 Å². The summed E-state index contributed by atoms with van der Waals surface area (Å²) in [5.41, 5.74) is 0.672. The van der Waals surface area contributed by atoms with Gasteiger partial charge in [0.15, 0.2) is 11.6 Å². The van der Waals surface area contributed by atoms with E-state index in [1.807, 2.05) is 6.07 Å². The zero-order valence-corrected chi connectivity index (χ0v) is 9.01. The lowest BCUT2D eigenvalue weighted by Crippen LogP contribution is -1.96. The van der Waals surface area contributed by atoms with Crippen molar-refractivity contribution in [3.8, 4) is 17.7 Å². The van der Waals surface area contributed by atoms with Crippen molar-refractivity contribution in [1.29, 1.82) is 5.26 Å². The molecule has 0 unspecified atom stereocenters. The Bertz CT molecular complexity index is 593. The van der Waals surface area contributed by atoms with Crippen LogP contribution in [0.1, 0.15) is 11.1 Å². The summed E-state index contributed by atoms with van der Waals surface area (Å²) >= 11 is 0. The third kappa shape index (κ3) is 2.21. The van der Waals surface area contributed by atoms with E-state index in [2.05, 4.69) is 10.2 Å². The molecule has 4 nitrogen and oxygen atoms in total. The molecule has 0 atom stereocenters. The Hall–Kier alpha value is -2.48. The van der Waals surface area contributed by atoms with E-state index in [0.717, 1.165) is 0 Å². The second-order valence-corrected chi connectivity index (χ2v) is 3.35. The lowest BCUT2D eigenvalue weighted by Gasteiger charge is -2.07. The first kappa shape index (κ1) is 11.0. The molecule has 84 valence electrons. The first-order chi connectivity index (χ1) is 8.22. The van der Waals surface area contributed by atoms with E-state index in [1.54, 1.807) is 19.1 Å².